The molecule has 2 rings (SSSR count). The number of hydrogen-bond acceptors (Lipinski definition) is 1. The molecule has 0 atom stereocenters. The zero-order valence-corrected chi connectivity index (χ0v) is 10.9. The highest BCUT2D eigenvalue weighted by molar-refractivity contribution is 9.10. The van der Waals surface area contributed by atoms with E-state index < -0.39 is 0 Å². The number of hydrogen-bond donors (Lipinski definition) is 0. The predicted octanol–water partition coefficient (Wildman–Crippen LogP) is 4.81. The van der Waals surface area contributed by atoms with Crippen LogP contribution in [0.15, 0.2) is 22.7 Å². The molecule has 0 unspecified atom stereocenters. The first-order chi connectivity index (χ1) is 7.25. The summed E-state index contributed by atoms with van der Waals surface area (Å²) in [5.74, 6) is 0.804. The summed E-state index contributed by atoms with van der Waals surface area (Å²) >= 11 is 9.49. The Bertz CT molecular complexity index is 334. The third-order valence-corrected chi connectivity index (χ3v) is 3.54. The zero-order valence-electron chi connectivity index (χ0n) is 8.51. The van der Waals surface area contributed by atoms with Crippen LogP contribution in [0, 0.1) is 0 Å². The van der Waals surface area contributed by atoms with E-state index in [1.807, 2.05) is 18.2 Å². The molecular formula is C12H14BrClO. The maximum Gasteiger partial charge on any atom is 0.139 e. The molecular weight excluding hydrogens is 275 g/mol. The van der Waals surface area contributed by atoms with Crippen molar-refractivity contribution < 1.29 is 4.74 Å². The second-order valence-corrected chi connectivity index (χ2v) is 5.28. The van der Waals surface area contributed by atoms with Crippen LogP contribution in [-0.4, -0.2) is 6.10 Å². The average molecular weight is 290 g/mol. The van der Waals surface area contributed by atoms with Crippen LogP contribution in [0.25, 0.3) is 0 Å². The lowest BCUT2D eigenvalue weighted by Crippen LogP contribution is -2.19. The summed E-state index contributed by atoms with van der Waals surface area (Å²) in [4.78, 5) is 0. The van der Waals surface area contributed by atoms with E-state index in [0.29, 0.717) is 11.1 Å². The van der Waals surface area contributed by atoms with E-state index >= 15 is 0 Å². The molecule has 0 bridgehead atoms. The molecule has 1 aliphatic carbocycles. The van der Waals surface area contributed by atoms with Crippen LogP contribution < -0.4 is 4.74 Å². The van der Waals surface area contributed by atoms with E-state index in [1.54, 1.807) is 0 Å². The lowest BCUT2D eigenvalue weighted by Gasteiger charge is -2.23. The molecule has 15 heavy (non-hydrogen) atoms. The highest BCUT2D eigenvalue weighted by Crippen LogP contribution is 2.31. The number of benzene rings is 1. The molecule has 1 fully saturated rings. The molecule has 0 aromatic heterocycles. The van der Waals surface area contributed by atoms with E-state index in [1.165, 1.54) is 19.3 Å². The number of ether oxygens (including phenoxy) is 1. The van der Waals surface area contributed by atoms with Gasteiger partial charge in [0.1, 0.15) is 5.75 Å². The molecule has 0 saturated heterocycles. The monoisotopic (exact) mass is 288 g/mol. The predicted molar refractivity (Wildman–Crippen MR) is 66.7 cm³/mol. The van der Waals surface area contributed by atoms with Gasteiger partial charge in [0.2, 0.25) is 0 Å². The van der Waals surface area contributed by atoms with E-state index in [4.69, 9.17) is 16.3 Å². The summed E-state index contributed by atoms with van der Waals surface area (Å²) in [6, 6.07) is 5.73. The first-order valence-electron chi connectivity index (χ1n) is 5.37. The summed E-state index contributed by atoms with van der Waals surface area (Å²) in [6.45, 7) is 0. The molecule has 0 radical (unpaired) electrons. The summed E-state index contributed by atoms with van der Waals surface area (Å²) in [5, 5.41) is 0.698. The Morgan fingerprint density at radius 2 is 1.93 bits per heavy atom. The van der Waals surface area contributed by atoms with Gasteiger partial charge in [-0.25, -0.2) is 0 Å². The molecule has 1 nitrogen and oxygen atoms in total. The van der Waals surface area contributed by atoms with E-state index in [0.717, 1.165) is 23.1 Å². The minimum absolute atomic E-state index is 0.352. The second kappa shape index (κ2) is 5.22. The molecule has 3 heteroatoms. The van der Waals surface area contributed by atoms with Crippen molar-refractivity contribution in [1.29, 1.82) is 0 Å². The quantitative estimate of drug-likeness (QED) is 0.759. The summed E-state index contributed by atoms with van der Waals surface area (Å²) in [7, 11) is 0. The van der Waals surface area contributed by atoms with Crippen LogP contribution in [-0.2, 0) is 0 Å². The van der Waals surface area contributed by atoms with Gasteiger partial charge in [0.25, 0.3) is 0 Å². The Balaban J connectivity index is 2.05. The minimum atomic E-state index is 0.352. The van der Waals surface area contributed by atoms with Crippen molar-refractivity contribution >= 4 is 27.5 Å². The Labute approximate surface area is 104 Å². The van der Waals surface area contributed by atoms with Gasteiger partial charge in [-0.2, -0.15) is 0 Å². The van der Waals surface area contributed by atoms with Gasteiger partial charge in [-0.1, -0.05) is 34.0 Å². The number of halogens is 2. The van der Waals surface area contributed by atoms with Crippen molar-refractivity contribution in [2.24, 2.45) is 0 Å². The zero-order chi connectivity index (χ0) is 10.7. The highest BCUT2D eigenvalue weighted by atomic mass is 79.9. The largest absolute Gasteiger partial charge is 0.489 e. The van der Waals surface area contributed by atoms with Gasteiger partial charge in [-0.3, -0.25) is 0 Å². The SMILES string of the molecule is Clc1ccc(Br)cc1OC1CCCCC1. The smallest absolute Gasteiger partial charge is 0.139 e. The Morgan fingerprint density at radius 1 is 1.20 bits per heavy atom. The molecule has 0 heterocycles. The molecule has 1 aromatic rings. The fraction of sp³-hybridized carbons (Fsp3) is 0.500. The molecule has 82 valence electrons. The fourth-order valence-electron chi connectivity index (χ4n) is 1.93. The van der Waals surface area contributed by atoms with Crippen molar-refractivity contribution in [3.63, 3.8) is 0 Å². The van der Waals surface area contributed by atoms with Crippen LogP contribution in [0.4, 0.5) is 0 Å². The van der Waals surface area contributed by atoms with Gasteiger partial charge in [-0.15, -0.1) is 0 Å². The lowest BCUT2D eigenvalue weighted by molar-refractivity contribution is 0.155. The van der Waals surface area contributed by atoms with Gasteiger partial charge in [0.05, 0.1) is 11.1 Å². The Hall–Kier alpha value is -0.210. The van der Waals surface area contributed by atoms with Crippen LogP contribution >= 0.6 is 27.5 Å². The van der Waals surface area contributed by atoms with Gasteiger partial charge in [-0.05, 0) is 43.9 Å². The van der Waals surface area contributed by atoms with Gasteiger partial charge in [0, 0.05) is 4.47 Å². The standard InChI is InChI=1S/C12H14BrClO/c13-9-6-7-11(14)12(8-9)15-10-4-2-1-3-5-10/h6-8,10H,1-5H2. The molecule has 0 aliphatic heterocycles. The second-order valence-electron chi connectivity index (χ2n) is 3.95. The lowest BCUT2D eigenvalue weighted by atomic mass is 9.98. The molecule has 1 saturated carbocycles. The minimum Gasteiger partial charge on any atom is -0.489 e. The summed E-state index contributed by atoms with van der Waals surface area (Å²) in [5.41, 5.74) is 0. The third kappa shape index (κ3) is 3.12. The topological polar surface area (TPSA) is 9.23 Å². The maximum atomic E-state index is 6.07. The van der Waals surface area contributed by atoms with Crippen molar-refractivity contribution in [1.82, 2.24) is 0 Å². The third-order valence-electron chi connectivity index (χ3n) is 2.74. The first-order valence-corrected chi connectivity index (χ1v) is 6.54. The normalized spacial score (nSPS) is 17.7. The molecule has 0 spiro atoms. The Kier molecular flexibility index (Phi) is 3.92. The van der Waals surface area contributed by atoms with Crippen molar-refractivity contribution in [2.45, 2.75) is 38.2 Å². The summed E-state index contributed by atoms with van der Waals surface area (Å²) in [6.07, 6.45) is 6.55. The van der Waals surface area contributed by atoms with E-state index in [9.17, 15) is 0 Å². The van der Waals surface area contributed by atoms with Gasteiger partial charge >= 0.3 is 0 Å². The Morgan fingerprint density at radius 3 is 2.67 bits per heavy atom. The van der Waals surface area contributed by atoms with Crippen LogP contribution in [0.3, 0.4) is 0 Å². The fourth-order valence-corrected chi connectivity index (χ4v) is 2.43. The van der Waals surface area contributed by atoms with Crippen molar-refractivity contribution in [2.75, 3.05) is 0 Å². The maximum absolute atomic E-state index is 6.07. The van der Waals surface area contributed by atoms with E-state index in [2.05, 4.69) is 15.9 Å². The van der Waals surface area contributed by atoms with Crippen LogP contribution in [0.2, 0.25) is 5.02 Å². The highest BCUT2D eigenvalue weighted by Gasteiger charge is 2.16. The van der Waals surface area contributed by atoms with E-state index in [-0.39, 0.29) is 0 Å². The van der Waals surface area contributed by atoms with Crippen molar-refractivity contribution in [3.8, 4) is 5.75 Å². The summed E-state index contributed by atoms with van der Waals surface area (Å²) < 4.78 is 6.92. The molecule has 1 aromatic carbocycles. The van der Waals surface area contributed by atoms with Gasteiger partial charge < -0.3 is 4.74 Å². The van der Waals surface area contributed by atoms with Crippen LogP contribution in [0.1, 0.15) is 32.1 Å². The van der Waals surface area contributed by atoms with Gasteiger partial charge in [0.15, 0.2) is 0 Å². The molecule has 1 aliphatic rings. The first kappa shape index (κ1) is 11.3. The average Bonchev–Trinajstić information content (AvgIpc) is 2.25. The van der Waals surface area contributed by atoms with Crippen LogP contribution in [0.5, 0.6) is 5.75 Å². The molecule has 0 N–H and O–H groups in total. The number of rotatable bonds is 2. The van der Waals surface area contributed by atoms with Crippen molar-refractivity contribution in [3.05, 3.63) is 27.7 Å². The molecule has 0 amide bonds.